The first kappa shape index (κ1) is 13.0. The Morgan fingerprint density at radius 1 is 1.25 bits per heavy atom. The monoisotopic (exact) mass is 222 g/mol. The van der Waals surface area contributed by atoms with Crippen molar-refractivity contribution >= 4 is 0 Å². The number of benzene rings is 1. The Morgan fingerprint density at radius 2 is 1.88 bits per heavy atom. The topological polar surface area (TPSA) is 47.3 Å². The summed E-state index contributed by atoms with van der Waals surface area (Å²) in [6.45, 7) is 5.91. The van der Waals surface area contributed by atoms with Gasteiger partial charge in [-0.3, -0.25) is 0 Å². The maximum Gasteiger partial charge on any atom is 0.118 e. The van der Waals surface area contributed by atoms with E-state index in [0.29, 0.717) is 6.54 Å². The molecule has 0 aliphatic heterocycles. The van der Waals surface area contributed by atoms with Crippen LogP contribution >= 0.6 is 0 Å². The minimum Gasteiger partial charge on any atom is -0.497 e. The van der Waals surface area contributed by atoms with Crippen molar-refractivity contribution < 1.29 is 4.74 Å². The van der Waals surface area contributed by atoms with Gasteiger partial charge in [-0.1, -0.05) is 12.1 Å². The van der Waals surface area contributed by atoms with Gasteiger partial charge in [-0.2, -0.15) is 0 Å². The molecule has 1 aromatic carbocycles. The lowest BCUT2D eigenvalue weighted by atomic mass is 10.0. The number of nitrogens with two attached hydrogens (primary N) is 1. The van der Waals surface area contributed by atoms with Crippen LogP contribution in [0.2, 0.25) is 0 Å². The fraction of sp³-hybridized carbons (Fsp3) is 0.538. The van der Waals surface area contributed by atoms with Gasteiger partial charge in [-0.25, -0.2) is 0 Å². The highest BCUT2D eigenvalue weighted by Crippen LogP contribution is 2.13. The lowest BCUT2D eigenvalue weighted by Crippen LogP contribution is -2.40. The second-order valence-corrected chi connectivity index (χ2v) is 4.62. The van der Waals surface area contributed by atoms with E-state index >= 15 is 0 Å². The van der Waals surface area contributed by atoms with Crippen LogP contribution in [0, 0.1) is 0 Å². The summed E-state index contributed by atoms with van der Waals surface area (Å²) < 4.78 is 5.12. The summed E-state index contributed by atoms with van der Waals surface area (Å²) in [6, 6.07) is 8.11. The molecule has 90 valence electrons. The van der Waals surface area contributed by atoms with E-state index in [1.807, 2.05) is 12.1 Å². The van der Waals surface area contributed by atoms with E-state index in [4.69, 9.17) is 10.5 Å². The van der Waals surface area contributed by atoms with Crippen molar-refractivity contribution in [1.82, 2.24) is 5.32 Å². The molecular weight excluding hydrogens is 200 g/mol. The van der Waals surface area contributed by atoms with Crippen LogP contribution in [0.4, 0.5) is 0 Å². The Morgan fingerprint density at radius 3 is 2.38 bits per heavy atom. The van der Waals surface area contributed by atoms with Crippen LogP contribution in [0.3, 0.4) is 0 Å². The van der Waals surface area contributed by atoms with Crippen molar-refractivity contribution in [2.24, 2.45) is 5.73 Å². The molecule has 0 fully saturated rings. The van der Waals surface area contributed by atoms with Gasteiger partial charge in [-0.05, 0) is 44.5 Å². The molecule has 3 N–H and O–H groups in total. The quantitative estimate of drug-likeness (QED) is 0.773. The molecule has 3 heteroatoms. The molecule has 0 amide bonds. The first-order valence-electron chi connectivity index (χ1n) is 5.65. The Labute approximate surface area is 98.0 Å². The number of rotatable bonds is 6. The molecule has 1 rings (SSSR count). The summed E-state index contributed by atoms with van der Waals surface area (Å²) >= 11 is 0. The predicted molar refractivity (Wildman–Crippen MR) is 67.6 cm³/mol. The van der Waals surface area contributed by atoms with Crippen LogP contribution in [-0.4, -0.2) is 19.2 Å². The third kappa shape index (κ3) is 4.21. The van der Waals surface area contributed by atoms with E-state index in [2.05, 4.69) is 31.3 Å². The second kappa shape index (κ2) is 5.87. The fourth-order valence-corrected chi connectivity index (χ4v) is 1.53. The van der Waals surface area contributed by atoms with E-state index in [-0.39, 0.29) is 5.54 Å². The summed E-state index contributed by atoms with van der Waals surface area (Å²) in [7, 11) is 1.68. The number of hydrogen-bond acceptors (Lipinski definition) is 3. The van der Waals surface area contributed by atoms with Crippen molar-refractivity contribution in [3.05, 3.63) is 29.8 Å². The van der Waals surface area contributed by atoms with Gasteiger partial charge in [0.15, 0.2) is 0 Å². The van der Waals surface area contributed by atoms with Gasteiger partial charge in [0.2, 0.25) is 0 Å². The number of hydrogen-bond donors (Lipinski definition) is 2. The minimum atomic E-state index is 0.0919. The Balaban J connectivity index is 2.48. The molecule has 0 saturated heterocycles. The summed E-state index contributed by atoms with van der Waals surface area (Å²) in [4.78, 5) is 0. The average Bonchev–Trinajstić information content (AvgIpc) is 2.27. The SMILES string of the molecule is COc1ccc(CNC(C)(C)CCN)cc1. The third-order valence-corrected chi connectivity index (χ3v) is 2.70. The molecule has 0 aromatic heterocycles. The molecule has 0 heterocycles. The Kier molecular flexibility index (Phi) is 4.77. The van der Waals surface area contributed by atoms with E-state index in [1.165, 1.54) is 5.56 Å². The zero-order valence-corrected chi connectivity index (χ0v) is 10.4. The van der Waals surface area contributed by atoms with Crippen molar-refractivity contribution in [3.8, 4) is 5.75 Å². The first-order valence-corrected chi connectivity index (χ1v) is 5.65. The van der Waals surface area contributed by atoms with Crippen LogP contribution in [0.1, 0.15) is 25.8 Å². The van der Waals surface area contributed by atoms with Crippen LogP contribution < -0.4 is 15.8 Å². The normalized spacial score (nSPS) is 11.5. The van der Waals surface area contributed by atoms with Crippen LogP contribution in [-0.2, 0) is 6.54 Å². The molecule has 1 aromatic rings. The van der Waals surface area contributed by atoms with Crippen molar-refractivity contribution in [1.29, 1.82) is 0 Å². The van der Waals surface area contributed by atoms with Crippen molar-refractivity contribution in [2.45, 2.75) is 32.4 Å². The highest BCUT2D eigenvalue weighted by atomic mass is 16.5. The first-order chi connectivity index (χ1) is 7.57. The van der Waals surface area contributed by atoms with Crippen LogP contribution in [0.15, 0.2) is 24.3 Å². The molecule has 0 unspecified atom stereocenters. The molecule has 0 bridgehead atoms. The smallest absolute Gasteiger partial charge is 0.118 e. The van der Waals surface area contributed by atoms with Gasteiger partial charge in [0, 0.05) is 12.1 Å². The van der Waals surface area contributed by atoms with Gasteiger partial charge < -0.3 is 15.8 Å². The lowest BCUT2D eigenvalue weighted by molar-refractivity contribution is 0.365. The fourth-order valence-electron chi connectivity index (χ4n) is 1.53. The van der Waals surface area contributed by atoms with E-state index in [9.17, 15) is 0 Å². The van der Waals surface area contributed by atoms with Gasteiger partial charge in [0.05, 0.1) is 7.11 Å². The maximum atomic E-state index is 5.56. The van der Waals surface area contributed by atoms with Crippen molar-refractivity contribution in [3.63, 3.8) is 0 Å². The van der Waals surface area contributed by atoms with Gasteiger partial charge >= 0.3 is 0 Å². The van der Waals surface area contributed by atoms with Crippen molar-refractivity contribution in [2.75, 3.05) is 13.7 Å². The second-order valence-electron chi connectivity index (χ2n) is 4.62. The van der Waals surface area contributed by atoms with Crippen LogP contribution in [0.5, 0.6) is 5.75 Å². The summed E-state index contributed by atoms with van der Waals surface area (Å²) in [6.07, 6.45) is 0.975. The van der Waals surface area contributed by atoms with E-state index in [0.717, 1.165) is 18.7 Å². The largest absolute Gasteiger partial charge is 0.497 e. The molecule has 16 heavy (non-hydrogen) atoms. The predicted octanol–water partition coefficient (Wildman–Crippen LogP) is 1.91. The molecule has 0 radical (unpaired) electrons. The zero-order chi connectivity index (χ0) is 12.0. The van der Waals surface area contributed by atoms with Gasteiger partial charge in [0.25, 0.3) is 0 Å². The molecule has 0 atom stereocenters. The lowest BCUT2D eigenvalue weighted by Gasteiger charge is -2.25. The molecule has 0 saturated carbocycles. The Hall–Kier alpha value is -1.06. The van der Waals surface area contributed by atoms with Gasteiger partial charge in [0.1, 0.15) is 5.75 Å². The molecule has 0 spiro atoms. The average molecular weight is 222 g/mol. The van der Waals surface area contributed by atoms with Crippen LogP contribution in [0.25, 0.3) is 0 Å². The standard InChI is InChI=1S/C13H22N2O/c1-13(2,8-9-14)15-10-11-4-6-12(16-3)7-5-11/h4-7,15H,8-10,14H2,1-3H3. The van der Waals surface area contributed by atoms with Gasteiger partial charge in [-0.15, -0.1) is 0 Å². The highest BCUT2D eigenvalue weighted by Gasteiger charge is 2.14. The summed E-state index contributed by atoms with van der Waals surface area (Å²) in [5.41, 5.74) is 6.91. The minimum absolute atomic E-state index is 0.0919. The highest BCUT2D eigenvalue weighted by molar-refractivity contribution is 5.27. The molecular formula is C13H22N2O. The summed E-state index contributed by atoms with van der Waals surface area (Å²) in [5, 5.41) is 3.49. The summed E-state index contributed by atoms with van der Waals surface area (Å²) in [5.74, 6) is 0.893. The maximum absolute atomic E-state index is 5.56. The molecule has 0 aliphatic rings. The number of nitrogens with one attached hydrogen (secondary N) is 1. The Bertz CT molecular complexity index is 306. The zero-order valence-electron chi connectivity index (χ0n) is 10.4. The molecule has 3 nitrogen and oxygen atoms in total. The molecule has 0 aliphatic carbocycles. The third-order valence-electron chi connectivity index (χ3n) is 2.70. The van der Waals surface area contributed by atoms with E-state index < -0.39 is 0 Å². The number of ether oxygens (including phenoxy) is 1. The number of methoxy groups -OCH3 is 1. The van der Waals surface area contributed by atoms with E-state index in [1.54, 1.807) is 7.11 Å².